The molecule has 0 spiro atoms. The van der Waals surface area contributed by atoms with Gasteiger partial charge in [0.05, 0.1) is 0 Å². The summed E-state index contributed by atoms with van der Waals surface area (Å²) >= 11 is 0. The van der Waals surface area contributed by atoms with Gasteiger partial charge in [0, 0.05) is 31.6 Å². The molecular formula is C11H13N5O3. The maximum Gasteiger partial charge on any atom is 0.325 e. The fourth-order valence-electron chi connectivity index (χ4n) is 1.57. The van der Waals surface area contributed by atoms with Crippen LogP contribution in [0, 0.1) is 0 Å². The van der Waals surface area contributed by atoms with Gasteiger partial charge < -0.3 is 15.3 Å². The van der Waals surface area contributed by atoms with Gasteiger partial charge in [-0.3, -0.25) is 14.6 Å². The monoisotopic (exact) mass is 263 g/mol. The number of rotatable bonds is 5. The molecule has 100 valence electrons. The van der Waals surface area contributed by atoms with E-state index in [2.05, 4.69) is 20.3 Å². The van der Waals surface area contributed by atoms with Gasteiger partial charge in [0.15, 0.2) is 0 Å². The van der Waals surface area contributed by atoms with E-state index in [-0.39, 0.29) is 5.56 Å². The van der Waals surface area contributed by atoms with Crippen molar-refractivity contribution in [3.8, 4) is 0 Å². The second kappa shape index (κ2) is 5.80. The third-order valence-electron chi connectivity index (χ3n) is 2.49. The molecule has 0 fully saturated rings. The highest BCUT2D eigenvalue weighted by Gasteiger charge is 2.09. The van der Waals surface area contributed by atoms with Crippen molar-refractivity contribution in [3.05, 3.63) is 50.8 Å². The van der Waals surface area contributed by atoms with Crippen LogP contribution >= 0.6 is 0 Å². The average molecular weight is 263 g/mol. The zero-order valence-corrected chi connectivity index (χ0v) is 10.0. The Kier molecular flexibility index (Phi) is 3.91. The van der Waals surface area contributed by atoms with Gasteiger partial charge in [0.1, 0.15) is 11.4 Å². The molecule has 0 aliphatic rings. The fraction of sp³-hybridized carbons (Fsp3) is 0.273. The Labute approximate surface area is 107 Å². The van der Waals surface area contributed by atoms with Crippen LogP contribution in [0.3, 0.4) is 0 Å². The Bertz CT molecular complexity index is 655. The molecule has 0 radical (unpaired) electrons. The number of carbonyl (C=O) groups excluding carboxylic acids is 1. The van der Waals surface area contributed by atoms with E-state index in [0.717, 1.165) is 12.0 Å². The number of hydrogen-bond donors (Lipinski definition) is 4. The molecule has 0 aliphatic heterocycles. The van der Waals surface area contributed by atoms with E-state index in [1.54, 1.807) is 12.4 Å². The first-order chi connectivity index (χ1) is 9.16. The Morgan fingerprint density at radius 3 is 2.84 bits per heavy atom. The lowest BCUT2D eigenvalue weighted by Crippen LogP contribution is -2.33. The second-order valence-electron chi connectivity index (χ2n) is 3.88. The van der Waals surface area contributed by atoms with Crippen molar-refractivity contribution in [1.29, 1.82) is 0 Å². The summed E-state index contributed by atoms with van der Waals surface area (Å²) in [7, 11) is 0. The number of amides is 1. The van der Waals surface area contributed by atoms with Crippen molar-refractivity contribution in [2.45, 2.75) is 12.8 Å². The summed E-state index contributed by atoms with van der Waals surface area (Å²) < 4.78 is 0. The van der Waals surface area contributed by atoms with Gasteiger partial charge in [0.2, 0.25) is 0 Å². The van der Waals surface area contributed by atoms with Gasteiger partial charge in [-0.1, -0.05) is 0 Å². The molecule has 8 nitrogen and oxygen atoms in total. The Morgan fingerprint density at radius 1 is 1.32 bits per heavy atom. The highest BCUT2D eigenvalue weighted by atomic mass is 16.2. The number of carbonyl (C=O) groups is 1. The number of aromatic amines is 3. The minimum atomic E-state index is -0.702. The van der Waals surface area contributed by atoms with Crippen LogP contribution in [0.25, 0.3) is 0 Å². The van der Waals surface area contributed by atoms with Crippen LogP contribution in [0.4, 0.5) is 0 Å². The number of nitrogens with one attached hydrogen (secondary N) is 4. The van der Waals surface area contributed by atoms with Crippen molar-refractivity contribution in [2.24, 2.45) is 0 Å². The maximum atomic E-state index is 11.7. The van der Waals surface area contributed by atoms with E-state index in [4.69, 9.17) is 0 Å². The lowest BCUT2D eigenvalue weighted by atomic mass is 10.2. The van der Waals surface area contributed by atoms with Gasteiger partial charge in [-0.25, -0.2) is 9.78 Å². The largest absolute Gasteiger partial charge is 0.352 e. The van der Waals surface area contributed by atoms with E-state index in [1.165, 1.54) is 0 Å². The third-order valence-corrected chi connectivity index (χ3v) is 2.49. The lowest BCUT2D eigenvalue weighted by molar-refractivity contribution is 0.0951. The maximum absolute atomic E-state index is 11.7. The molecule has 0 atom stereocenters. The van der Waals surface area contributed by atoms with E-state index in [0.29, 0.717) is 19.4 Å². The van der Waals surface area contributed by atoms with Crippen molar-refractivity contribution in [1.82, 2.24) is 25.3 Å². The molecule has 19 heavy (non-hydrogen) atoms. The molecule has 2 aromatic rings. The average Bonchev–Trinajstić information content (AvgIpc) is 2.87. The quantitative estimate of drug-likeness (QED) is 0.524. The summed E-state index contributed by atoms with van der Waals surface area (Å²) in [6.45, 7) is 0.415. The Hall–Kier alpha value is -2.64. The first-order valence-electron chi connectivity index (χ1n) is 5.75. The molecule has 0 aliphatic carbocycles. The van der Waals surface area contributed by atoms with Crippen molar-refractivity contribution in [3.63, 3.8) is 0 Å². The zero-order chi connectivity index (χ0) is 13.7. The van der Waals surface area contributed by atoms with Gasteiger partial charge in [-0.15, -0.1) is 0 Å². The number of nitrogens with zero attached hydrogens (tertiary/aromatic N) is 1. The number of H-pyrrole nitrogens is 3. The van der Waals surface area contributed by atoms with Crippen LogP contribution < -0.4 is 16.6 Å². The van der Waals surface area contributed by atoms with Crippen LogP contribution in [-0.2, 0) is 6.42 Å². The van der Waals surface area contributed by atoms with E-state index >= 15 is 0 Å². The normalized spacial score (nSPS) is 10.3. The standard InChI is InChI=1S/C11H13N5O3/c17-9(7-6-15-11(19)16-10(7)18)14-3-1-2-8-12-4-5-13-8/h4-6H,1-3H2,(H,12,13)(H,14,17)(H2,15,16,18,19). The first kappa shape index (κ1) is 12.8. The first-order valence-corrected chi connectivity index (χ1v) is 5.75. The summed E-state index contributed by atoms with van der Waals surface area (Å²) in [5, 5.41) is 2.60. The van der Waals surface area contributed by atoms with E-state index in [9.17, 15) is 14.4 Å². The van der Waals surface area contributed by atoms with Gasteiger partial charge in [-0.2, -0.15) is 0 Å². The van der Waals surface area contributed by atoms with Crippen LogP contribution in [0.15, 0.2) is 28.2 Å². The molecule has 2 aromatic heterocycles. The van der Waals surface area contributed by atoms with Crippen molar-refractivity contribution >= 4 is 5.91 Å². The molecule has 0 unspecified atom stereocenters. The molecule has 2 rings (SSSR count). The summed E-state index contributed by atoms with van der Waals surface area (Å²) in [6, 6.07) is 0. The van der Waals surface area contributed by atoms with Crippen LogP contribution in [0.2, 0.25) is 0 Å². The van der Waals surface area contributed by atoms with Gasteiger partial charge in [-0.05, 0) is 6.42 Å². The molecule has 1 amide bonds. The smallest absolute Gasteiger partial charge is 0.325 e. The topological polar surface area (TPSA) is 123 Å². The zero-order valence-electron chi connectivity index (χ0n) is 10.0. The molecule has 2 heterocycles. The number of aryl methyl sites for hydroxylation is 1. The predicted molar refractivity (Wildman–Crippen MR) is 66.9 cm³/mol. The fourth-order valence-corrected chi connectivity index (χ4v) is 1.57. The van der Waals surface area contributed by atoms with Crippen LogP contribution in [-0.4, -0.2) is 32.4 Å². The molecule has 4 N–H and O–H groups in total. The van der Waals surface area contributed by atoms with Crippen LogP contribution in [0.1, 0.15) is 22.6 Å². The third kappa shape index (κ3) is 3.41. The van der Waals surface area contributed by atoms with Gasteiger partial charge in [0.25, 0.3) is 11.5 Å². The molecule has 0 saturated carbocycles. The number of imidazole rings is 1. The molecule has 0 aromatic carbocycles. The summed E-state index contributed by atoms with van der Waals surface area (Å²) in [6.07, 6.45) is 5.89. The van der Waals surface area contributed by atoms with Crippen molar-refractivity contribution < 1.29 is 4.79 Å². The Morgan fingerprint density at radius 2 is 2.16 bits per heavy atom. The lowest BCUT2D eigenvalue weighted by Gasteiger charge is -2.03. The Balaban J connectivity index is 1.84. The predicted octanol–water partition coefficient (Wildman–Crippen LogP) is -0.851. The van der Waals surface area contributed by atoms with E-state index in [1.807, 2.05) is 4.98 Å². The number of hydrogen-bond acceptors (Lipinski definition) is 4. The summed E-state index contributed by atoms with van der Waals surface area (Å²) in [4.78, 5) is 45.1. The van der Waals surface area contributed by atoms with E-state index < -0.39 is 17.2 Å². The highest BCUT2D eigenvalue weighted by molar-refractivity contribution is 5.93. The molecule has 0 bridgehead atoms. The summed E-state index contributed by atoms with van der Waals surface area (Å²) in [5.74, 6) is 0.327. The highest BCUT2D eigenvalue weighted by Crippen LogP contribution is 1.94. The second-order valence-corrected chi connectivity index (χ2v) is 3.88. The molecule has 8 heteroatoms. The summed E-state index contributed by atoms with van der Waals surface area (Å²) in [5.41, 5.74) is -1.45. The number of aromatic nitrogens is 4. The van der Waals surface area contributed by atoms with Gasteiger partial charge >= 0.3 is 5.69 Å². The van der Waals surface area contributed by atoms with Crippen LogP contribution in [0.5, 0.6) is 0 Å². The molecule has 0 saturated heterocycles. The minimum absolute atomic E-state index is 0.113. The minimum Gasteiger partial charge on any atom is -0.352 e. The van der Waals surface area contributed by atoms with Crippen molar-refractivity contribution in [2.75, 3.05) is 6.54 Å². The SMILES string of the molecule is O=C(NCCCc1ncc[nH]1)c1c[nH]c(=O)[nH]c1=O. The molecular weight excluding hydrogens is 250 g/mol.